The summed E-state index contributed by atoms with van der Waals surface area (Å²) in [6.45, 7) is 5.56. The average Bonchev–Trinajstić information content (AvgIpc) is 2.18. The number of piperidine rings is 1. The Morgan fingerprint density at radius 1 is 1.53 bits per heavy atom. The number of hydrogen-bond donors (Lipinski definition) is 1. The second kappa shape index (κ2) is 6.83. The van der Waals surface area contributed by atoms with Crippen LogP contribution >= 0.6 is 0 Å². The molecule has 1 N–H and O–H groups in total. The molecule has 3 nitrogen and oxygen atoms in total. The van der Waals surface area contributed by atoms with Crippen molar-refractivity contribution in [1.29, 1.82) is 0 Å². The van der Waals surface area contributed by atoms with Crippen LogP contribution in [-0.4, -0.2) is 35.6 Å². The predicted molar refractivity (Wildman–Crippen MR) is 60.9 cm³/mol. The third kappa shape index (κ3) is 5.17. The van der Waals surface area contributed by atoms with Crippen LogP contribution < -0.4 is 0 Å². The standard InChI is InChI=1S/C12H23NO2/c1-2-5-11-6-3-8-13(10-11)9-4-7-12(14)15/h11H,2-10H2,1H3,(H,14,15). The fourth-order valence-corrected chi connectivity index (χ4v) is 2.45. The highest BCUT2D eigenvalue weighted by Gasteiger charge is 2.18. The molecule has 1 atom stereocenters. The van der Waals surface area contributed by atoms with E-state index in [1.807, 2.05) is 0 Å². The molecule has 0 saturated carbocycles. The number of carboxylic acids is 1. The number of likely N-dealkylation sites (tertiary alicyclic amines) is 1. The molecule has 0 aliphatic carbocycles. The molecular formula is C12H23NO2. The van der Waals surface area contributed by atoms with Crippen LogP contribution in [0.25, 0.3) is 0 Å². The number of hydrogen-bond acceptors (Lipinski definition) is 2. The third-order valence-corrected chi connectivity index (χ3v) is 3.17. The fourth-order valence-electron chi connectivity index (χ4n) is 2.45. The first kappa shape index (κ1) is 12.5. The van der Waals surface area contributed by atoms with Gasteiger partial charge in [0.2, 0.25) is 0 Å². The minimum atomic E-state index is -0.669. The maximum atomic E-state index is 10.4. The summed E-state index contributed by atoms with van der Waals surface area (Å²) < 4.78 is 0. The summed E-state index contributed by atoms with van der Waals surface area (Å²) in [5.41, 5.74) is 0. The van der Waals surface area contributed by atoms with Crippen molar-refractivity contribution in [1.82, 2.24) is 4.90 Å². The van der Waals surface area contributed by atoms with Crippen LogP contribution in [0.1, 0.15) is 45.4 Å². The molecule has 1 rings (SSSR count). The minimum Gasteiger partial charge on any atom is -0.481 e. The first-order chi connectivity index (χ1) is 7.22. The third-order valence-electron chi connectivity index (χ3n) is 3.17. The van der Waals surface area contributed by atoms with Gasteiger partial charge in [0, 0.05) is 13.0 Å². The molecule has 0 spiro atoms. The number of nitrogens with zero attached hydrogens (tertiary/aromatic N) is 1. The van der Waals surface area contributed by atoms with Crippen molar-refractivity contribution < 1.29 is 9.90 Å². The van der Waals surface area contributed by atoms with Gasteiger partial charge in [0.1, 0.15) is 0 Å². The lowest BCUT2D eigenvalue weighted by Gasteiger charge is -2.32. The number of carboxylic acid groups (broad SMARTS) is 1. The first-order valence-corrected chi connectivity index (χ1v) is 6.16. The van der Waals surface area contributed by atoms with Crippen molar-refractivity contribution in [3.63, 3.8) is 0 Å². The molecule has 0 aromatic carbocycles. The van der Waals surface area contributed by atoms with E-state index in [-0.39, 0.29) is 0 Å². The van der Waals surface area contributed by atoms with Gasteiger partial charge < -0.3 is 10.0 Å². The molecule has 1 aliphatic heterocycles. The van der Waals surface area contributed by atoms with Crippen LogP contribution in [0.4, 0.5) is 0 Å². The van der Waals surface area contributed by atoms with E-state index in [9.17, 15) is 4.79 Å². The predicted octanol–water partition coefficient (Wildman–Crippen LogP) is 2.36. The monoisotopic (exact) mass is 213 g/mol. The van der Waals surface area contributed by atoms with E-state index in [1.165, 1.54) is 38.8 Å². The maximum absolute atomic E-state index is 10.4. The SMILES string of the molecule is CCCC1CCCN(CCCC(=O)O)C1. The second-order valence-corrected chi connectivity index (χ2v) is 4.59. The highest BCUT2D eigenvalue weighted by molar-refractivity contribution is 5.66. The maximum Gasteiger partial charge on any atom is 0.303 e. The van der Waals surface area contributed by atoms with Gasteiger partial charge in [-0.15, -0.1) is 0 Å². The zero-order valence-corrected chi connectivity index (χ0v) is 9.74. The molecule has 88 valence electrons. The Morgan fingerprint density at radius 3 is 3.00 bits per heavy atom. The van der Waals surface area contributed by atoms with Gasteiger partial charge >= 0.3 is 5.97 Å². The highest BCUT2D eigenvalue weighted by atomic mass is 16.4. The molecular weight excluding hydrogens is 190 g/mol. The van der Waals surface area contributed by atoms with Crippen LogP contribution in [-0.2, 0) is 4.79 Å². The number of aliphatic carboxylic acids is 1. The normalized spacial score (nSPS) is 22.9. The Kier molecular flexibility index (Phi) is 5.69. The topological polar surface area (TPSA) is 40.5 Å². The summed E-state index contributed by atoms with van der Waals surface area (Å²) in [5.74, 6) is 0.186. The number of rotatable bonds is 6. The summed E-state index contributed by atoms with van der Waals surface area (Å²) in [5, 5.41) is 8.56. The van der Waals surface area contributed by atoms with Crippen molar-refractivity contribution in [2.24, 2.45) is 5.92 Å². The van der Waals surface area contributed by atoms with Gasteiger partial charge in [0.15, 0.2) is 0 Å². The van der Waals surface area contributed by atoms with Crippen LogP contribution in [0.5, 0.6) is 0 Å². The minimum absolute atomic E-state index is 0.314. The van der Waals surface area contributed by atoms with Crippen molar-refractivity contribution >= 4 is 5.97 Å². The van der Waals surface area contributed by atoms with E-state index < -0.39 is 5.97 Å². The molecule has 0 amide bonds. The zero-order valence-electron chi connectivity index (χ0n) is 9.74. The molecule has 0 radical (unpaired) electrons. The van der Waals surface area contributed by atoms with Gasteiger partial charge in [-0.2, -0.15) is 0 Å². The van der Waals surface area contributed by atoms with Gasteiger partial charge in [-0.25, -0.2) is 0 Å². The van der Waals surface area contributed by atoms with E-state index in [0.717, 1.165) is 18.9 Å². The molecule has 1 saturated heterocycles. The lowest BCUT2D eigenvalue weighted by Crippen LogP contribution is -2.36. The van der Waals surface area contributed by atoms with E-state index in [1.54, 1.807) is 0 Å². The lowest BCUT2D eigenvalue weighted by molar-refractivity contribution is -0.137. The van der Waals surface area contributed by atoms with Gasteiger partial charge in [-0.3, -0.25) is 4.79 Å². The van der Waals surface area contributed by atoms with Gasteiger partial charge in [0.05, 0.1) is 0 Å². The summed E-state index contributed by atoms with van der Waals surface area (Å²) in [6.07, 6.45) is 6.37. The Balaban J connectivity index is 2.15. The van der Waals surface area contributed by atoms with Crippen LogP contribution in [0.2, 0.25) is 0 Å². The van der Waals surface area contributed by atoms with E-state index >= 15 is 0 Å². The molecule has 0 aromatic heterocycles. The van der Waals surface area contributed by atoms with Crippen LogP contribution in [0.3, 0.4) is 0 Å². The van der Waals surface area contributed by atoms with E-state index in [4.69, 9.17) is 5.11 Å². The summed E-state index contributed by atoms with van der Waals surface area (Å²) in [6, 6.07) is 0. The molecule has 1 unspecified atom stereocenters. The van der Waals surface area contributed by atoms with E-state index in [2.05, 4.69) is 11.8 Å². The summed E-state index contributed by atoms with van der Waals surface area (Å²) in [4.78, 5) is 12.8. The fraction of sp³-hybridized carbons (Fsp3) is 0.917. The lowest BCUT2D eigenvalue weighted by atomic mass is 9.93. The quantitative estimate of drug-likeness (QED) is 0.736. The molecule has 3 heteroatoms. The molecule has 1 fully saturated rings. The molecule has 0 aromatic rings. The summed E-state index contributed by atoms with van der Waals surface area (Å²) in [7, 11) is 0. The zero-order chi connectivity index (χ0) is 11.1. The Bertz CT molecular complexity index is 192. The number of carbonyl (C=O) groups is 1. The molecule has 15 heavy (non-hydrogen) atoms. The van der Waals surface area contributed by atoms with Gasteiger partial charge in [-0.1, -0.05) is 13.3 Å². The van der Waals surface area contributed by atoms with Crippen molar-refractivity contribution in [2.45, 2.75) is 45.4 Å². The Hall–Kier alpha value is -0.570. The first-order valence-electron chi connectivity index (χ1n) is 6.16. The Labute approximate surface area is 92.5 Å². The van der Waals surface area contributed by atoms with Gasteiger partial charge in [0.25, 0.3) is 0 Å². The largest absolute Gasteiger partial charge is 0.481 e. The van der Waals surface area contributed by atoms with Crippen molar-refractivity contribution in [3.05, 3.63) is 0 Å². The van der Waals surface area contributed by atoms with E-state index in [0.29, 0.717) is 6.42 Å². The molecule has 1 heterocycles. The van der Waals surface area contributed by atoms with Gasteiger partial charge in [-0.05, 0) is 44.7 Å². The highest BCUT2D eigenvalue weighted by Crippen LogP contribution is 2.20. The summed E-state index contributed by atoms with van der Waals surface area (Å²) >= 11 is 0. The smallest absolute Gasteiger partial charge is 0.303 e. The average molecular weight is 213 g/mol. The Morgan fingerprint density at radius 2 is 2.33 bits per heavy atom. The molecule has 1 aliphatic rings. The molecule has 0 bridgehead atoms. The van der Waals surface area contributed by atoms with Crippen LogP contribution in [0.15, 0.2) is 0 Å². The second-order valence-electron chi connectivity index (χ2n) is 4.59. The van der Waals surface area contributed by atoms with Crippen molar-refractivity contribution in [3.8, 4) is 0 Å². The van der Waals surface area contributed by atoms with Crippen molar-refractivity contribution in [2.75, 3.05) is 19.6 Å². The van der Waals surface area contributed by atoms with Crippen LogP contribution in [0, 0.1) is 5.92 Å².